The zero-order chi connectivity index (χ0) is 16.6. The maximum Gasteiger partial charge on any atom is 0.326 e. The largest absolute Gasteiger partial charge is 0.481 e. The molecule has 0 radical (unpaired) electrons. The van der Waals surface area contributed by atoms with Crippen LogP contribution in [-0.4, -0.2) is 40.6 Å². The maximum atomic E-state index is 13.2. The number of amides is 1. The summed E-state index contributed by atoms with van der Waals surface area (Å²) in [6, 6.07) is 4.80. The highest BCUT2D eigenvalue weighted by Gasteiger charge is 2.50. The van der Waals surface area contributed by atoms with Crippen molar-refractivity contribution in [3.63, 3.8) is 0 Å². The molecule has 0 spiro atoms. The van der Waals surface area contributed by atoms with Crippen LogP contribution in [-0.2, 0) is 9.59 Å². The first kappa shape index (κ1) is 15.8. The van der Waals surface area contributed by atoms with Gasteiger partial charge in [-0.1, -0.05) is 12.5 Å². The standard InChI is InChI=1S/C17H20FNO4/c1-10(23-13-6-3-5-12(18)8-13)16(20)19-9-11-4-2-7-14(11)15(19)17(21)22/h3,5-6,8,10-11,14-15H,2,4,7,9H2,1H3,(H,21,22)/t10-,11-,14+,15-/m0/s1. The van der Waals surface area contributed by atoms with Crippen LogP contribution in [0.2, 0.25) is 0 Å². The number of carbonyl (C=O) groups is 2. The van der Waals surface area contributed by atoms with Crippen molar-refractivity contribution in [2.75, 3.05) is 6.54 Å². The first-order chi connectivity index (χ1) is 11.0. The lowest BCUT2D eigenvalue weighted by Gasteiger charge is -2.27. The van der Waals surface area contributed by atoms with Gasteiger partial charge in [0.1, 0.15) is 17.6 Å². The lowest BCUT2D eigenvalue weighted by Crippen LogP contribution is -2.48. The molecule has 1 heterocycles. The van der Waals surface area contributed by atoms with Crippen LogP contribution in [0.15, 0.2) is 24.3 Å². The third kappa shape index (κ3) is 3.02. The van der Waals surface area contributed by atoms with Gasteiger partial charge in [-0.05, 0) is 43.7 Å². The number of halogens is 1. The molecule has 1 aliphatic heterocycles. The Kier molecular flexibility index (Phi) is 4.24. The van der Waals surface area contributed by atoms with Gasteiger partial charge in [0.15, 0.2) is 6.10 Å². The van der Waals surface area contributed by atoms with Gasteiger partial charge < -0.3 is 14.7 Å². The average Bonchev–Trinajstić information content (AvgIpc) is 3.06. The minimum Gasteiger partial charge on any atom is -0.481 e. The predicted molar refractivity (Wildman–Crippen MR) is 80.5 cm³/mol. The number of aliphatic carboxylic acids is 1. The van der Waals surface area contributed by atoms with Crippen molar-refractivity contribution in [3.8, 4) is 5.75 Å². The third-order valence-electron chi connectivity index (χ3n) is 4.88. The highest BCUT2D eigenvalue weighted by molar-refractivity contribution is 5.87. The molecule has 6 heteroatoms. The smallest absolute Gasteiger partial charge is 0.326 e. The van der Waals surface area contributed by atoms with E-state index in [1.54, 1.807) is 13.0 Å². The SMILES string of the molecule is C[C@H](Oc1cccc(F)c1)C(=O)N1C[C@@H]2CCC[C@H]2[C@H]1C(=O)O. The predicted octanol–water partition coefficient (Wildman–Crippen LogP) is 2.30. The summed E-state index contributed by atoms with van der Waals surface area (Å²) in [6.45, 7) is 2.04. The van der Waals surface area contributed by atoms with Gasteiger partial charge in [-0.15, -0.1) is 0 Å². The van der Waals surface area contributed by atoms with Crippen LogP contribution in [0.3, 0.4) is 0 Å². The molecule has 0 unspecified atom stereocenters. The fourth-order valence-corrected chi connectivity index (χ4v) is 3.88. The highest BCUT2D eigenvalue weighted by Crippen LogP contribution is 2.42. The van der Waals surface area contributed by atoms with Gasteiger partial charge in [0, 0.05) is 12.6 Å². The van der Waals surface area contributed by atoms with Crippen molar-refractivity contribution in [1.82, 2.24) is 4.90 Å². The Balaban J connectivity index is 1.72. The molecule has 23 heavy (non-hydrogen) atoms. The molecule has 1 aliphatic carbocycles. The summed E-state index contributed by atoms with van der Waals surface area (Å²) >= 11 is 0. The molecule has 5 nitrogen and oxygen atoms in total. The summed E-state index contributed by atoms with van der Waals surface area (Å²) in [5.74, 6) is -1.18. The molecule has 3 rings (SSSR count). The first-order valence-corrected chi connectivity index (χ1v) is 7.93. The summed E-state index contributed by atoms with van der Waals surface area (Å²) < 4.78 is 18.7. The van der Waals surface area contributed by atoms with E-state index >= 15 is 0 Å². The van der Waals surface area contributed by atoms with Gasteiger partial charge in [-0.2, -0.15) is 0 Å². The Morgan fingerprint density at radius 1 is 1.39 bits per heavy atom. The number of hydrogen-bond donors (Lipinski definition) is 1. The molecule has 0 bridgehead atoms. The summed E-state index contributed by atoms with van der Waals surface area (Å²) in [6.07, 6.45) is 2.00. The summed E-state index contributed by atoms with van der Waals surface area (Å²) in [5.41, 5.74) is 0. The summed E-state index contributed by atoms with van der Waals surface area (Å²) in [4.78, 5) is 25.7. The Hall–Kier alpha value is -2.11. The van der Waals surface area contributed by atoms with Gasteiger partial charge in [0.2, 0.25) is 0 Å². The van der Waals surface area contributed by atoms with Crippen molar-refractivity contribution in [2.24, 2.45) is 11.8 Å². The lowest BCUT2D eigenvalue weighted by atomic mass is 9.94. The van der Waals surface area contributed by atoms with E-state index in [-0.39, 0.29) is 23.5 Å². The van der Waals surface area contributed by atoms with Crippen LogP contribution in [0.1, 0.15) is 26.2 Å². The lowest BCUT2D eigenvalue weighted by molar-refractivity contribution is -0.152. The van der Waals surface area contributed by atoms with Crippen molar-refractivity contribution in [3.05, 3.63) is 30.1 Å². The zero-order valence-corrected chi connectivity index (χ0v) is 12.9. The quantitative estimate of drug-likeness (QED) is 0.924. The number of carboxylic acid groups (broad SMARTS) is 1. The zero-order valence-electron chi connectivity index (χ0n) is 12.9. The monoisotopic (exact) mass is 321 g/mol. The van der Waals surface area contributed by atoms with E-state index in [2.05, 4.69) is 0 Å². The van der Waals surface area contributed by atoms with Crippen LogP contribution in [0.5, 0.6) is 5.75 Å². The topological polar surface area (TPSA) is 66.8 Å². The van der Waals surface area contributed by atoms with Crippen molar-refractivity contribution in [1.29, 1.82) is 0 Å². The number of hydrogen-bond acceptors (Lipinski definition) is 3. The minimum absolute atomic E-state index is 0.0396. The van der Waals surface area contributed by atoms with Crippen LogP contribution in [0.4, 0.5) is 4.39 Å². The maximum absolute atomic E-state index is 13.2. The van der Waals surface area contributed by atoms with Crippen LogP contribution in [0.25, 0.3) is 0 Å². The van der Waals surface area contributed by atoms with Gasteiger partial charge in [0.25, 0.3) is 5.91 Å². The summed E-state index contributed by atoms with van der Waals surface area (Å²) in [7, 11) is 0. The van der Waals surface area contributed by atoms with Crippen LogP contribution >= 0.6 is 0 Å². The van der Waals surface area contributed by atoms with Crippen LogP contribution in [0, 0.1) is 17.7 Å². The van der Waals surface area contributed by atoms with E-state index in [9.17, 15) is 19.1 Å². The number of benzene rings is 1. The molecule has 1 saturated carbocycles. The van der Waals surface area contributed by atoms with E-state index < -0.39 is 23.9 Å². The molecule has 1 N–H and O–H groups in total. The minimum atomic E-state index is -0.953. The van der Waals surface area contributed by atoms with Crippen LogP contribution < -0.4 is 4.74 Å². The number of rotatable bonds is 4. The van der Waals surface area contributed by atoms with Crippen molar-refractivity contribution >= 4 is 11.9 Å². The molecule has 1 saturated heterocycles. The Labute approximate surface area is 134 Å². The first-order valence-electron chi connectivity index (χ1n) is 7.93. The van der Waals surface area contributed by atoms with Gasteiger partial charge in [-0.3, -0.25) is 4.79 Å². The second-order valence-electron chi connectivity index (χ2n) is 6.35. The van der Waals surface area contributed by atoms with Gasteiger partial charge in [-0.25, -0.2) is 9.18 Å². The molecular formula is C17H20FNO4. The second-order valence-corrected chi connectivity index (χ2v) is 6.35. The molecule has 2 fully saturated rings. The van der Waals surface area contributed by atoms with Gasteiger partial charge >= 0.3 is 5.97 Å². The van der Waals surface area contributed by atoms with E-state index in [4.69, 9.17) is 4.74 Å². The van der Waals surface area contributed by atoms with Gasteiger partial charge in [0.05, 0.1) is 0 Å². The van der Waals surface area contributed by atoms with E-state index in [0.29, 0.717) is 6.54 Å². The molecule has 4 atom stereocenters. The number of carboxylic acids is 1. The number of nitrogens with zero attached hydrogens (tertiary/aromatic N) is 1. The second kappa shape index (κ2) is 6.18. The van der Waals surface area contributed by atoms with Crippen molar-refractivity contribution < 1.29 is 23.8 Å². The number of carbonyl (C=O) groups excluding carboxylic acids is 1. The normalized spacial score (nSPS) is 27.6. The van der Waals surface area contributed by atoms with E-state index in [1.807, 2.05) is 0 Å². The van der Waals surface area contributed by atoms with E-state index in [0.717, 1.165) is 19.3 Å². The molecule has 1 aromatic carbocycles. The molecule has 1 amide bonds. The fraction of sp³-hybridized carbons (Fsp3) is 0.529. The number of ether oxygens (including phenoxy) is 1. The number of fused-ring (bicyclic) bond motifs is 1. The Bertz CT molecular complexity index is 620. The Morgan fingerprint density at radius 2 is 2.17 bits per heavy atom. The van der Waals surface area contributed by atoms with E-state index in [1.165, 1.54) is 23.1 Å². The number of likely N-dealkylation sites (tertiary alicyclic amines) is 1. The molecule has 0 aromatic heterocycles. The van der Waals surface area contributed by atoms with Crippen molar-refractivity contribution in [2.45, 2.75) is 38.3 Å². The Morgan fingerprint density at radius 3 is 2.87 bits per heavy atom. The third-order valence-corrected chi connectivity index (χ3v) is 4.88. The highest BCUT2D eigenvalue weighted by atomic mass is 19.1. The molecule has 124 valence electrons. The average molecular weight is 321 g/mol. The molecule has 1 aromatic rings. The molecular weight excluding hydrogens is 301 g/mol. The molecule has 2 aliphatic rings. The fourth-order valence-electron chi connectivity index (χ4n) is 3.88. The summed E-state index contributed by atoms with van der Waals surface area (Å²) in [5, 5.41) is 9.50.